The number of epoxide rings is 1. The standard InChI is InChI=1S/C19H28N2O4Si/c1-18(2,3)26(4,5)25-17(19(14-24-19)16(22)11-21-20)13-23-12-15-9-7-6-8-10-15/h6-11,17H,12-14H2,1-5H3/t17?,19-/m0/s1. The van der Waals surface area contributed by atoms with E-state index >= 15 is 0 Å². The van der Waals surface area contributed by atoms with Crippen molar-refractivity contribution in [3.63, 3.8) is 0 Å². The Kier molecular flexibility index (Phi) is 6.32. The number of benzene rings is 1. The molecule has 1 heterocycles. The maximum Gasteiger partial charge on any atom is 0.326 e. The van der Waals surface area contributed by atoms with Gasteiger partial charge in [0.25, 0.3) is 5.78 Å². The number of ketones is 1. The quantitative estimate of drug-likeness (QED) is 0.218. The summed E-state index contributed by atoms with van der Waals surface area (Å²) in [6.45, 7) is 11.6. The van der Waals surface area contributed by atoms with E-state index in [4.69, 9.17) is 19.4 Å². The highest BCUT2D eigenvalue weighted by Gasteiger charge is 2.61. The molecule has 142 valence electrons. The van der Waals surface area contributed by atoms with Gasteiger partial charge in [0.15, 0.2) is 13.9 Å². The predicted octanol–water partition coefficient (Wildman–Crippen LogP) is 3.23. The molecule has 0 amide bonds. The molecule has 1 unspecified atom stereocenters. The molecule has 0 bridgehead atoms. The molecule has 1 aliphatic heterocycles. The zero-order chi connectivity index (χ0) is 19.4. The zero-order valence-corrected chi connectivity index (χ0v) is 17.2. The van der Waals surface area contributed by atoms with Gasteiger partial charge in [-0.25, -0.2) is 0 Å². The Balaban J connectivity index is 2.14. The molecule has 1 fully saturated rings. The SMILES string of the molecule is CC(C)(C)[Si](C)(C)OC(COCc1ccccc1)[C@@]1(C(=O)C=[N+]=[N-])CO1. The van der Waals surface area contributed by atoms with E-state index in [1.807, 2.05) is 30.3 Å². The maximum absolute atomic E-state index is 12.4. The highest BCUT2D eigenvalue weighted by Crippen LogP contribution is 2.42. The van der Waals surface area contributed by atoms with Crippen molar-refractivity contribution in [3.8, 4) is 0 Å². The van der Waals surface area contributed by atoms with Crippen LogP contribution in [0, 0.1) is 0 Å². The van der Waals surface area contributed by atoms with Crippen molar-refractivity contribution in [1.29, 1.82) is 0 Å². The highest BCUT2D eigenvalue weighted by atomic mass is 28.4. The molecule has 7 heteroatoms. The molecular weight excluding hydrogens is 348 g/mol. The lowest BCUT2D eigenvalue weighted by Crippen LogP contribution is -2.52. The van der Waals surface area contributed by atoms with Crippen molar-refractivity contribution in [3.05, 3.63) is 41.4 Å². The fraction of sp³-hybridized carbons (Fsp3) is 0.579. The van der Waals surface area contributed by atoms with Gasteiger partial charge in [0.05, 0.1) is 19.8 Å². The minimum Gasteiger partial charge on any atom is -0.408 e. The van der Waals surface area contributed by atoms with E-state index in [0.29, 0.717) is 6.61 Å². The zero-order valence-electron chi connectivity index (χ0n) is 16.2. The Morgan fingerprint density at radius 1 is 1.38 bits per heavy atom. The van der Waals surface area contributed by atoms with E-state index in [-0.39, 0.29) is 18.3 Å². The molecule has 0 radical (unpaired) electrons. The van der Waals surface area contributed by atoms with Gasteiger partial charge in [-0.2, -0.15) is 4.79 Å². The van der Waals surface area contributed by atoms with Gasteiger partial charge in [0, 0.05) is 0 Å². The van der Waals surface area contributed by atoms with Crippen molar-refractivity contribution in [1.82, 2.24) is 0 Å². The number of ether oxygens (including phenoxy) is 2. The third-order valence-electron chi connectivity index (χ3n) is 5.19. The number of hydrogen-bond donors (Lipinski definition) is 0. The Morgan fingerprint density at radius 3 is 2.50 bits per heavy atom. The van der Waals surface area contributed by atoms with E-state index < -0.39 is 25.8 Å². The van der Waals surface area contributed by atoms with E-state index in [1.165, 1.54) is 0 Å². The fourth-order valence-electron chi connectivity index (χ4n) is 2.38. The number of carbonyl (C=O) groups is 1. The molecule has 2 atom stereocenters. The van der Waals surface area contributed by atoms with Crippen LogP contribution in [0.5, 0.6) is 0 Å². The predicted molar refractivity (Wildman–Crippen MR) is 102 cm³/mol. The van der Waals surface area contributed by atoms with Crippen molar-refractivity contribution < 1.29 is 23.5 Å². The Bertz CT molecular complexity index is 675. The second-order valence-electron chi connectivity index (χ2n) is 8.15. The number of nitrogens with zero attached hydrogens (tertiary/aromatic N) is 2. The van der Waals surface area contributed by atoms with Gasteiger partial charge < -0.3 is 19.4 Å². The Hall–Kier alpha value is -1.63. The molecule has 26 heavy (non-hydrogen) atoms. The van der Waals surface area contributed by atoms with E-state index in [9.17, 15) is 4.79 Å². The first-order valence-electron chi connectivity index (χ1n) is 8.78. The van der Waals surface area contributed by atoms with Crippen LogP contribution < -0.4 is 0 Å². The fourth-order valence-corrected chi connectivity index (χ4v) is 3.70. The van der Waals surface area contributed by atoms with E-state index in [0.717, 1.165) is 11.8 Å². The van der Waals surface area contributed by atoms with Crippen LogP contribution in [-0.4, -0.2) is 50.0 Å². The van der Waals surface area contributed by atoms with Gasteiger partial charge in [0.1, 0.15) is 6.10 Å². The maximum atomic E-state index is 12.4. The molecule has 6 nitrogen and oxygen atoms in total. The Morgan fingerprint density at radius 2 is 2.00 bits per heavy atom. The van der Waals surface area contributed by atoms with Crippen molar-refractivity contribution >= 4 is 20.3 Å². The number of rotatable bonds is 9. The molecule has 1 aromatic rings. The summed E-state index contributed by atoms with van der Waals surface area (Å²) < 4.78 is 17.8. The smallest absolute Gasteiger partial charge is 0.326 e. The van der Waals surface area contributed by atoms with Gasteiger partial charge >= 0.3 is 6.21 Å². The van der Waals surface area contributed by atoms with E-state index in [1.54, 1.807) is 0 Å². The average Bonchev–Trinajstić information content (AvgIpc) is 3.36. The van der Waals surface area contributed by atoms with Crippen LogP contribution in [0.3, 0.4) is 0 Å². The largest absolute Gasteiger partial charge is 0.408 e. The first-order chi connectivity index (χ1) is 12.1. The number of Topliss-reactive ketones (excluding diaryl/α,β-unsaturated/α-hetero) is 1. The molecule has 0 aromatic heterocycles. The summed E-state index contributed by atoms with van der Waals surface area (Å²) in [5.74, 6) is -0.396. The summed E-state index contributed by atoms with van der Waals surface area (Å²) in [5.41, 5.74) is 8.66. The molecular formula is C19H28N2O4Si. The average molecular weight is 377 g/mol. The summed E-state index contributed by atoms with van der Waals surface area (Å²) in [6, 6.07) is 9.82. The molecule has 0 spiro atoms. The molecule has 2 rings (SSSR count). The van der Waals surface area contributed by atoms with Gasteiger partial charge in [-0.15, -0.1) is 0 Å². The minimum atomic E-state index is -2.16. The highest BCUT2D eigenvalue weighted by molar-refractivity contribution is 6.74. The topological polar surface area (TPSA) is 84.5 Å². The second kappa shape index (κ2) is 7.94. The first kappa shape index (κ1) is 20.7. The minimum absolute atomic E-state index is 0.0190. The van der Waals surface area contributed by atoms with Crippen LogP contribution >= 0.6 is 0 Å². The van der Waals surface area contributed by atoms with Crippen molar-refractivity contribution in [2.75, 3.05) is 13.2 Å². The summed E-state index contributed by atoms with van der Waals surface area (Å²) >= 11 is 0. The summed E-state index contributed by atoms with van der Waals surface area (Å²) in [5, 5.41) is -0.0190. The van der Waals surface area contributed by atoms with Crippen LogP contribution in [0.1, 0.15) is 26.3 Å². The van der Waals surface area contributed by atoms with Crippen molar-refractivity contribution in [2.24, 2.45) is 0 Å². The lowest BCUT2D eigenvalue weighted by Gasteiger charge is -2.40. The number of hydrogen-bond acceptors (Lipinski definition) is 4. The lowest BCUT2D eigenvalue weighted by molar-refractivity contribution is -0.126. The van der Waals surface area contributed by atoms with Crippen LogP contribution in [0.2, 0.25) is 18.1 Å². The molecule has 1 saturated heterocycles. The van der Waals surface area contributed by atoms with Crippen molar-refractivity contribution in [2.45, 2.75) is 57.2 Å². The van der Waals surface area contributed by atoms with Gasteiger partial charge in [-0.1, -0.05) is 51.1 Å². The van der Waals surface area contributed by atoms with Crippen LogP contribution in [0.4, 0.5) is 0 Å². The molecule has 1 aliphatic rings. The number of carbonyl (C=O) groups excluding carboxylic acids is 1. The molecule has 0 aliphatic carbocycles. The summed E-state index contributed by atoms with van der Waals surface area (Å²) in [4.78, 5) is 15.2. The van der Waals surface area contributed by atoms with Gasteiger partial charge in [-0.05, 0) is 23.7 Å². The van der Waals surface area contributed by atoms with Gasteiger partial charge in [-0.3, -0.25) is 4.79 Å². The summed E-state index contributed by atoms with van der Waals surface area (Å²) in [7, 11) is -2.16. The van der Waals surface area contributed by atoms with E-state index in [2.05, 4.69) is 38.7 Å². The molecule has 0 saturated carbocycles. The second-order valence-corrected chi connectivity index (χ2v) is 12.9. The van der Waals surface area contributed by atoms with Crippen LogP contribution in [0.15, 0.2) is 30.3 Å². The lowest BCUT2D eigenvalue weighted by atomic mass is 9.99. The summed E-state index contributed by atoms with van der Waals surface area (Å²) in [6.07, 6.45) is 0.337. The van der Waals surface area contributed by atoms with Crippen LogP contribution in [-0.2, 0) is 25.3 Å². The third kappa shape index (κ3) is 4.75. The van der Waals surface area contributed by atoms with Gasteiger partial charge in [0.2, 0.25) is 0 Å². The molecule has 1 aromatic carbocycles. The third-order valence-corrected chi connectivity index (χ3v) is 9.68. The molecule has 0 N–H and O–H groups in total. The monoisotopic (exact) mass is 376 g/mol. The first-order valence-corrected chi connectivity index (χ1v) is 11.7. The normalized spacial score (nSPS) is 21.0. The Labute approximate surface area is 156 Å². The van der Waals surface area contributed by atoms with Crippen LogP contribution in [0.25, 0.3) is 5.53 Å².